The van der Waals surface area contributed by atoms with Gasteiger partial charge >= 0.3 is 12.1 Å². The summed E-state index contributed by atoms with van der Waals surface area (Å²) in [5.41, 5.74) is 12.6. The molecule has 0 radical (unpaired) electrons. The van der Waals surface area contributed by atoms with Crippen LogP contribution in [0, 0.1) is 0 Å². The van der Waals surface area contributed by atoms with Gasteiger partial charge in [0.15, 0.2) is 6.04 Å². The van der Waals surface area contributed by atoms with E-state index in [0.29, 0.717) is 33.0 Å². The van der Waals surface area contributed by atoms with Gasteiger partial charge in [-0.25, -0.2) is 9.59 Å². The van der Waals surface area contributed by atoms with Gasteiger partial charge in [-0.3, -0.25) is 0 Å². The molecule has 0 bridgehead atoms. The molecule has 0 unspecified atom stereocenters. The maximum absolute atomic E-state index is 12.5. The number of benzene rings is 2. The molecule has 2 aromatic carbocycles. The molecule has 0 spiro atoms. The zero-order valence-electron chi connectivity index (χ0n) is 22.0. The first-order valence-corrected chi connectivity index (χ1v) is 12.7. The van der Waals surface area contributed by atoms with E-state index in [0.717, 1.165) is 22.3 Å². The number of carbonyl (C=O) groups is 2. The zero-order valence-corrected chi connectivity index (χ0v) is 22.0. The zero-order chi connectivity index (χ0) is 27.7. The maximum Gasteiger partial charge on any atom is 0.407 e. The van der Waals surface area contributed by atoms with Gasteiger partial charge in [-0.15, -0.1) is 0 Å². The molecule has 0 heterocycles. The van der Waals surface area contributed by atoms with Gasteiger partial charge in [0.25, 0.3) is 0 Å². The van der Waals surface area contributed by atoms with Crippen LogP contribution in [0.25, 0.3) is 21.6 Å². The third kappa shape index (κ3) is 9.54. The van der Waals surface area contributed by atoms with E-state index < -0.39 is 18.1 Å². The van der Waals surface area contributed by atoms with Gasteiger partial charge in [0.1, 0.15) is 6.61 Å². The number of rotatable bonds is 18. The molecular formula is C27H34N4O8. The summed E-state index contributed by atoms with van der Waals surface area (Å²) in [4.78, 5) is 27.3. The topological polar surface area (TPSA) is 150 Å². The second-order valence-corrected chi connectivity index (χ2v) is 8.41. The summed E-state index contributed by atoms with van der Waals surface area (Å²) in [7, 11) is 1.24. The number of esters is 1. The molecule has 1 atom stereocenters. The summed E-state index contributed by atoms with van der Waals surface area (Å²) in [6.07, 6.45) is -0.731. The van der Waals surface area contributed by atoms with Crippen LogP contribution in [0.5, 0.6) is 0 Å². The number of hydrogen-bond donors (Lipinski definition) is 1. The van der Waals surface area contributed by atoms with Crippen molar-refractivity contribution in [3.8, 4) is 11.1 Å². The molecule has 39 heavy (non-hydrogen) atoms. The van der Waals surface area contributed by atoms with Crippen LogP contribution in [-0.2, 0) is 33.2 Å². The molecule has 0 fully saturated rings. The van der Waals surface area contributed by atoms with Crippen molar-refractivity contribution in [2.75, 3.05) is 73.1 Å². The van der Waals surface area contributed by atoms with E-state index >= 15 is 0 Å². The summed E-state index contributed by atoms with van der Waals surface area (Å²) in [6.45, 7) is 2.72. The Labute approximate surface area is 227 Å². The van der Waals surface area contributed by atoms with E-state index in [2.05, 4.69) is 27.5 Å². The molecule has 1 N–H and O–H groups in total. The van der Waals surface area contributed by atoms with Crippen molar-refractivity contribution in [1.82, 2.24) is 5.32 Å². The van der Waals surface area contributed by atoms with E-state index in [1.807, 2.05) is 36.4 Å². The number of methoxy groups -OCH3 is 1. The Morgan fingerprint density at radius 2 is 1.41 bits per heavy atom. The van der Waals surface area contributed by atoms with Crippen LogP contribution in [0.3, 0.4) is 0 Å². The van der Waals surface area contributed by atoms with Crippen molar-refractivity contribution in [2.24, 2.45) is 5.11 Å². The lowest BCUT2D eigenvalue weighted by molar-refractivity contribution is -0.144. The van der Waals surface area contributed by atoms with E-state index in [4.69, 9.17) is 34.0 Å². The lowest BCUT2D eigenvalue weighted by atomic mass is 9.98. The molecule has 210 valence electrons. The first-order valence-electron chi connectivity index (χ1n) is 12.7. The number of amides is 1. The third-order valence-electron chi connectivity index (χ3n) is 5.92. The summed E-state index contributed by atoms with van der Waals surface area (Å²) < 4.78 is 31.8. The third-order valence-corrected chi connectivity index (χ3v) is 5.92. The van der Waals surface area contributed by atoms with Crippen LogP contribution in [0.4, 0.5) is 4.79 Å². The number of alkyl carbamates (subject to hydrolysis) is 1. The van der Waals surface area contributed by atoms with Crippen LogP contribution >= 0.6 is 0 Å². The molecule has 0 aromatic heterocycles. The molecular weight excluding hydrogens is 508 g/mol. The highest BCUT2D eigenvalue weighted by atomic mass is 16.6. The minimum atomic E-state index is -1.02. The molecule has 1 aliphatic rings. The number of nitrogens with zero attached hydrogens (tertiary/aromatic N) is 3. The van der Waals surface area contributed by atoms with Gasteiger partial charge in [0.05, 0.1) is 60.0 Å². The van der Waals surface area contributed by atoms with Crippen LogP contribution < -0.4 is 5.32 Å². The minimum Gasteiger partial charge on any atom is -0.467 e. The SMILES string of the molecule is COC(=O)[C@H](COCCOCCOCCOCCN=[N+]=[N-])NC(=O)OCC1c2ccccc2-c2ccccc21. The van der Waals surface area contributed by atoms with E-state index in [1.165, 1.54) is 7.11 Å². The van der Waals surface area contributed by atoms with Crippen molar-refractivity contribution in [1.29, 1.82) is 0 Å². The largest absolute Gasteiger partial charge is 0.467 e. The Hall–Kier alpha value is -3.67. The van der Waals surface area contributed by atoms with Crippen LogP contribution in [0.2, 0.25) is 0 Å². The summed E-state index contributed by atoms with van der Waals surface area (Å²) >= 11 is 0. The van der Waals surface area contributed by atoms with Crippen molar-refractivity contribution in [2.45, 2.75) is 12.0 Å². The van der Waals surface area contributed by atoms with Crippen molar-refractivity contribution in [3.63, 3.8) is 0 Å². The van der Waals surface area contributed by atoms with Crippen molar-refractivity contribution in [3.05, 3.63) is 70.1 Å². The number of nitrogens with one attached hydrogen (secondary N) is 1. The fourth-order valence-corrected chi connectivity index (χ4v) is 4.10. The van der Waals surface area contributed by atoms with Gasteiger partial charge in [-0.05, 0) is 27.8 Å². The predicted octanol–water partition coefficient (Wildman–Crippen LogP) is 3.44. The molecule has 0 saturated heterocycles. The Morgan fingerprint density at radius 3 is 1.97 bits per heavy atom. The van der Waals surface area contributed by atoms with E-state index in [1.54, 1.807) is 0 Å². The van der Waals surface area contributed by atoms with Crippen molar-refractivity contribution < 1.29 is 38.0 Å². The summed E-state index contributed by atoms with van der Waals surface area (Å²) in [5.74, 6) is -0.728. The molecule has 0 saturated carbocycles. The molecule has 1 aliphatic carbocycles. The highest BCUT2D eigenvalue weighted by Gasteiger charge is 2.30. The predicted molar refractivity (Wildman–Crippen MR) is 141 cm³/mol. The average molecular weight is 543 g/mol. The summed E-state index contributed by atoms with van der Waals surface area (Å²) in [5, 5.41) is 5.89. The van der Waals surface area contributed by atoms with Gasteiger partial charge in [-0.1, -0.05) is 53.6 Å². The Morgan fingerprint density at radius 1 is 0.872 bits per heavy atom. The van der Waals surface area contributed by atoms with E-state index in [9.17, 15) is 9.59 Å². The first-order chi connectivity index (χ1) is 19.2. The maximum atomic E-state index is 12.5. The average Bonchev–Trinajstić information content (AvgIpc) is 3.28. The number of carbonyl (C=O) groups excluding carboxylic acids is 2. The smallest absolute Gasteiger partial charge is 0.407 e. The molecule has 12 nitrogen and oxygen atoms in total. The Kier molecular flexibility index (Phi) is 13.0. The molecule has 12 heteroatoms. The second kappa shape index (κ2) is 17.0. The standard InChI is InChI=1S/C27H34N4O8/c1-34-26(32)25(19-38-17-16-37-15-14-36-13-12-35-11-10-29-31-28)30-27(33)39-18-24-22-8-4-2-6-20(22)21-7-3-5-9-23(21)24/h2-9,24-25H,10-19H2,1H3,(H,30,33)/t25-/m0/s1. The fourth-order valence-electron chi connectivity index (χ4n) is 4.10. The number of azide groups is 1. The van der Waals surface area contributed by atoms with Crippen LogP contribution in [-0.4, -0.2) is 91.2 Å². The van der Waals surface area contributed by atoms with Gasteiger partial charge in [0, 0.05) is 17.4 Å². The second-order valence-electron chi connectivity index (χ2n) is 8.41. The van der Waals surface area contributed by atoms with Gasteiger partial charge in [0.2, 0.25) is 0 Å². The highest BCUT2D eigenvalue weighted by Crippen LogP contribution is 2.44. The van der Waals surface area contributed by atoms with E-state index in [-0.39, 0.29) is 38.9 Å². The normalized spacial score (nSPS) is 12.6. The number of ether oxygens (including phenoxy) is 6. The van der Waals surface area contributed by atoms with Crippen molar-refractivity contribution >= 4 is 12.1 Å². The lowest BCUT2D eigenvalue weighted by Gasteiger charge is -2.18. The monoisotopic (exact) mass is 542 g/mol. The molecule has 1 amide bonds. The first kappa shape index (κ1) is 29.9. The quantitative estimate of drug-likeness (QED) is 0.0989. The molecule has 0 aliphatic heterocycles. The number of fused-ring (bicyclic) bond motifs is 3. The summed E-state index contributed by atoms with van der Waals surface area (Å²) in [6, 6.07) is 15.1. The minimum absolute atomic E-state index is 0.0891. The van der Waals surface area contributed by atoms with Gasteiger partial charge in [-0.2, -0.15) is 0 Å². The van der Waals surface area contributed by atoms with Crippen LogP contribution in [0.1, 0.15) is 17.0 Å². The van der Waals surface area contributed by atoms with Gasteiger partial charge < -0.3 is 33.7 Å². The molecule has 3 rings (SSSR count). The number of hydrogen-bond acceptors (Lipinski definition) is 9. The molecule has 2 aromatic rings. The Bertz CT molecular complexity index is 1060. The fraction of sp³-hybridized carbons (Fsp3) is 0.481. The highest BCUT2D eigenvalue weighted by molar-refractivity contribution is 5.82. The Balaban J connectivity index is 1.31. The lowest BCUT2D eigenvalue weighted by Crippen LogP contribution is -2.45. The van der Waals surface area contributed by atoms with Crippen LogP contribution in [0.15, 0.2) is 53.6 Å².